The van der Waals surface area contributed by atoms with Gasteiger partial charge in [-0.1, -0.05) is 41.9 Å². The Morgan fingerprint density at radius 2 is 1.71 bits per heavy atom. The summed E-state index contributed by atoms with van der Waals surface area (Å²) in [4.78, 5) is 12.9. The van der Waals surface area contributed by atoms with Gasteiger partial charge in [-0.2, -0.15) is 0 Å². The molecule has 0 aliphatic rings. The van der Waals surface area contributed by atoms with Crippen LogP contribution in [0.5, 0.6) is 11.5 Å². The number of hydrogen-bond donors (Lipinski definition) is 0. The first kappa shape index (κ1) is 15.7. The Kier molecular flexibility index (Phi) is 5.53. The van der Waals surface area contributed by atoms with Crippen molar-refractivity contribution in [2.45, 2.75) is 4.90 Å². The van der Waals surface area contributed by atoms with E-state index in [2.05, 4.69) is 0 Å². The maximum atomic E-state index is 12.1. The van der Waals surface area contributed by atoms with Crippen LogP contribution >= 0.6 is 23.4 Å². The molecule has 0 heterocycles. The topological polar surface area (TPSA) is 35.5 Å². The van der Waals surface area contributed by atoms with Gasteiger partial charge in [0.2, 0.25) is 0 Å². The molecule has 2 aromatic carbocycles. The first-order chi connectivity index (χ1) is 10.2. The van der Waals surface area contributed by atoms with Crippen LogP contribution in [0.25, 0.3) is 0 Å². The molecule has 0 aromatic heterocycles. The van der Waals surface area contributed by atoms with Gasteiger partial charge in [-0.15, -0.1) is 11.8 Å². The predicted octanol–water partition coefficient (Wildman–Crippen LogP) is 4.33. The maximum absolute atomic E-state index is 12.1. The number of methoxy groups -OCH3 is 2. The first-order valence-corrected chi connectivity index (χ1v) is 7.64. The van der Waals surface area contributed by atoms with E-state index < -0.39 is 0 Å². The average Bonchev–Trinajstić information content (AvgIpc) is 2.53. The number of halogens is 1. The largest absolute Gasteiger partial charge is 0.493 e. The van der Waals surface area contributed by atoms with Gasteiger partial charge in [0.05, 0.1) is 25.0 Å². The maximum Gasteiger partial charge on any atom is 0.173 e. The van der Waals surface area contributed by atoms with E-state index in [1.165, 1.54) is 11.8 Å². The summed E-state index contributed by atoms with van der Waals surface area (Å²) in [5.74, 6) is 1.54. The molecule has 21 heavy (non-hydrogen) atoms. The van der Waals surface area contributed by atoms with Crippen molar-refractivity contribution < 1.29 is 14.3 Å². The van der Waals surface area contributed by atoms with Crippen molar-refractivity contribution in [2.24, 2.45) is 0 Å². The van der Waals surface area contributed by atoms with Crippen molar-refractivity contribution in [2.75, 3.05) is 20.0 Å². The number of thioether (sulfide) groups is 1. The molecule has 0 aliphatic heterocycles. The number of Topliss-reactive ketones (excluding diaryl/α,β-unsaturated/α-hetero) is 1. The average molecular weight is 323 g/mol. The highest BCUT2D eigenvalue weighted by atomic mass is 35.5. The molecule has 110 valence electrons. The second-order valence-electron chi connectivity index (χ2n) is 4.22. The fourth-order valence-corrected chi connectivity index (χ4v) is 2.95. The van der Waals surface area contributed by atoms with Crippen LogP contribution < -0.4 is 9.47 Å². The van der Waals surface area contributed by atoms with Crippen molar-refractivity contribution >= 4 is 29.1 Å². The van der Waals surface area contributed by atoms with Crippen LogP contribution in [0.1, 0.15) is 10.4 Å². The third-order valence-corrected chi connectivity index (χ3v) is 4.37. The lowest BCUT2D eigenvalue weighted by molar-refractivity contribution is 0.102. The number of benzene rings is 2. The van der Waals surface area contributed by atoms with Crippen LogP contribution in [0, 0.1) is 0 Å². The fourth-order valence-electron chi connectivity index (χ4n) is 1.80. The SMILES string of the molecule is COc1cc(Cl)c(SCC(=O)c2ccccc2)cc1OC. The van der Waals surface area contributed by atoms with Gasteiger partial charge in [-0.3, -0.25) is 4.79 Å². The summed E-state index contributed by atoms with van der Waals surface area (Å²) in [6.45, 7) is 0. The third-order valence-electron chi connectivity index (χ3n) is 2.89. The zero-order valence-electron chi connectivity index (χ0n) is 11.8. The molecule has 0 saturated carbocycles. The van der Waals surface area contributed by atoms with Gasteiger partial charge < -0.3 is 9.47 Å². The number of ether oxygens (including phenoxy) is 2. The number of carbonyl (C=O) groups is 1. The van der Waals surface area contributed by atoms with Gasteiger partial charge in [0.25, 0.3) is 0 Å². The molecule has 0 atom stereocenters. The monoisotopic (exact) mass is 322 g/mol. The molecular weight excluding hydrogens is 308 g/mol. The Morgan fingerprint density at radius 1 is 1.10 bits per heavy atom. The van der Waals surface area contributed by atoms with Crippen molar-refractivity contribution in [3.63, 3.8) is 0 Å². The predicted molar refractivity (Wildman–Crippen MR) is 86.1 cm³/mol. The summed E-state index contributed by atoms with van der Waals surface area (Å²) < 4.78 is 10.4. The van der Waals surface area contributed by atoms with Gasteiger partial charge in [0.1, 0.15) is 0 Å². The van der Waals surface area contributed by atoms with Crippen molar-refractivity contribution in [3.05, 3.63) is 53.1 Å². The Morgan fingerprint density at radius 3 is 2.33 bits per heavy atom. The van der Waals surface area contributed by atoms with Crippen LogP contribution in [0.4, 0.5) is 0 Å². The second-order valence-corrected chi connectivity index (χ2v) is 5.64. The lowest BCUT2D eigenvalue weighted by Gasteiger charge is -2.11. The Bertz CT molecular complexity index is 629. The van der Waals surface area contributed by atoms with E-state index in [9.17, 15) is 4.79 Å². The van der Waals surface area contributed by atoms with E-state index in [-0.39, 0.29) is 5.78 Å². The van der Waals surface area contributed by atoms with Gasteiger partial charge in [-0.25, -0.2) is 0 Å². The molecule has 2 aromatic rings. The highest BCUT2D eigenvalue weighted by molar-refractivity contribution is 8.00. The van der Waals surface area contributed by atoms with Gasteiger partial charge in [0.15, 0.2) is 17.3 Å². The Balaban J connectivity index is 2.11. The number of ketones is 1. The summed E-state index contributed by atoms with van der Waals surface area (Å²) in [5, 5.41) is 0.540. The van der Waals surface area contributed by atoms with Gasteiger partial charge in [0, 0.05) is 16.5 Å². The molecule has 5 heteroatoms. The second kappa shape index (κ2) is 7.38. The highest BCUT2D eigenvalue weighted by Gasteiger charge is 2.12. The van der Waals surface area contributed by atoms with Gasteiger partial charge >= 0.3 is 0 Å². The number of rotatable bonds is 6. The standard InChI is InChI=1S/C16H15ClO3S/c1-19-14-8-12(17)16(9-15(14)20-2)21-10-13(18)11-6-4-3-5-7-11/h3-9H,10H2,1-2H3. The first-order valence-electron chi connectivity index (χ1n) is 6.28. The molecule has 0 saturated heterocycles. The van der Waals surface area contributed by atoms with E-state index in [4.69, 9.17) is 21.1 Å². The molecule has 0 N–H and O–H groups in total. The van der Waals surface area contributed by atoms with Crippen LogP contribution in [0.2, 0.25) is 5.02 Å². The summed E-state index contributed by atoms with van der Waals surface area (Å²) >= 11 is 7.58. The Labute approximate surface area is 133 Å². The summed E-state index contributed by atoms with van der Waals surface area (Å²) in [6, 6.07) is 12.7. The molecule has 0 radical (unpaired) electrons. The zero-order chi connectivity index (χ0) is 15.2. The normalized spacial score (nSPS) is 10.2. The minimum absolute atomic E-state index is 0.0615. The molecule has 0 fully saturated rings. The van der Waals surface area contributed by atoms with E-state index in [1.807, 2.05) is 18.2 Å². The van der Waals surface area contributed by atoms with Crippen LogP contribution in [-0.4, -0.2) is 25.8 Å². The lowest BCUT2D eigenvalue weighted by Crippen LogP contribution is -2.02. The van der Waals surface area contributed by atoms with Crippen molar-refractivity contribution in [3.8, 4) is 11.5 Å². The molecule has 0 amide bonds. The minimum atomic E-state index is 0.0615. The number of hydrogen-bond acceptors (Lipinski definition) is 4. The zero-order valence-corrected chi connectivity index (χ0v) is 13.3. The smallest absolute Gasteiger partial charge is 0.173 e. The highest BCUT2D eigenvalue weighted by Crippen LogP contribution is 2.38. The summed E-state index contributed by atoms with van der Waals surface area (Å²) in [6.07, 6.45) is 0. The number of carbonyl (C=O) groups excluding carboxylic acids is 1. The molecule has 2 rings (SSSR count). The van der Waals surface area contributed by atoms with Gasteiger partial charge in [-0.05, 0) is 6.07 Å². The molecule has 0 unspecified atom stereocenters. The van der Waals surface area contributed by atoms with E-state index >= 15 is 0 Å². The van der Waals surface area contributed by atoms with Crippen LogP contribution in [-0.2, 0) is 0 Å². The van der Waals surface area contributed by atoms with E-state index in [0.29, 0.717) is 27.8 Å². The lowest BCUT2D eigenvalue weighted by atomic mass is 10.2. The van der Waals surface area contributed by atoms with Crippen molar-refractivity contribution in [1.29, 1.82) is 0 Å². The third kappa shape index (κ3) is 3.93. The van der Waals surface area contributed by atoms with Crippen molar-refractivity contribution in [1.82, 2.24) is 0 Å². The fraction of sp³-hybridized carbons (Fsp3) is 0.188. The molecule has 0 aliphatic carbocycles. The van der Waals surface area contributed by atoms with E-state index in [1.54, 1.807) is 38.5 Å². The minimum Gasteiger partial charge on any atom is -0.493 e. The molecule has 0 bridgehead atoms. The Hall–Kier alpha value is -1.65. The van der Waals surface area contributed by atoms with E-state index in [0.717, 1.165) is 4.90 Å². The summed E-state index contributed by atoms with van der Waals surface area (Å²) in [7, 11) is 3.12. The summed E-state index contributed by atoms with van der Waals surface area (Å²) in [5.41, 5.74) is 0.696. The molecular formula is C16H15ClO3S. The van der Waals surface area contributed by atoms with Crippen LogP contribution in [0.3, 0.4) is 0 Å². The van der Waals surface area contributed by atoms with Crippen LogP contribution in [0.15, 0.2) is 47.4 Å². The quantitative estimate of drug-likeness (QED) is 0.585. The molecule has 0 spiro atoms. The molecule has 3 nitrogen and oxygen atoms in total.